The van der Waals surface area contributed by atoms with Crippen LogP contribution in [0.1, 0.15) is 48.9 Å². The van der Waals surface area contributed by atoms with Crippen LogP contribution in [0.15, 0.2) is 18.3 Å². The number of carbonyl (C=O) groups is 2. The van der Waals surface area contributed by atoms with Gasteiger partial charge in [-0.3, -0.25) is 4.79 Å². The van der Waals surface area contributed by atoms with Crippen molar-refractivity contribution in [1.29, 1.82) is 0 Å². The van der Waals surface area contributed by atoms with E-state index in [2.05, 4.69) is 10.3 Å². The number of carboxylic acids is 1. The third kappa shape index (κ3) is 3.67. The van der Waals surface area contributed by atoms with E-state index in [-0.39, 0.29) is 19.1 Å². The van der Waals surface area contributed by atoms with Crippen LogP contribution in [0.25, 0.3) is 0 Å². The molecule has 1 aromatic heterocycles. The van der Waals surface area contributed by atoms with Crippen LogP contribution >= 0.6 is 0 Å². The number of hydrogen-bond acceptors (Lipinski definition) is 5. The number of aromatic nitrogens is 1. The molecule has 0 aromatic carbocycles. The van der Waals surface area contributed by atoms with Crippen molar-refractivity contribution in [3.8, 4) is 5.88 Å². The van der Waals surface area contributed by atoms with Gasteiger partial charge in [-0.2, -0.15) is 0 Å². The van der Waals surface area contributed by atoms with E-state index in [1.165, 1.54) is 12.6 Å². The molecule has 0 bridgehead atoms. The summed E-state index contributed by atoms with van der Waals surface area (Å²) in [7, 11) is 0. The largest absolute Gasteiger partial charge is 0.479 e. The van der Waals surface area contributed by atoms with Gasteiger partial charge in [0.05, 0.1) is 6.61 Å². The molecule has 1 aromatic rings. The van der Waals surface area contributed by atoms with Crippen LogP contribution in [0, 0.1) is 0 Å². The first-order valence-electron chi connectivity index (χ1n) is 8.35. The van der Waals surface area contributed by atoms with E-state index in [4.69, 9.17) is 9.47 Å². The van der Waals surface area contributed by atoms with Gasteiger partial charge in [0.15, 0.2) is 5.54 Å². The van der Waals surface area contributed by atoms with E-state index in [1.807, 2.05) is 0 Å². The Balaban J connectivity index is 1.68. The van der Waals surface area contributed by atoms with Gasteiger partial charge < -0.3 is 19.9 Å². The number of nitrogens with one attached hydrogen (secondary N) is 1. The standard InChI is InChI=1S/C17H22N2O5/c20-15(19-17(16(21)22)7-9-23-11-17)12-6-8-18-14(10-12)24-13-4-2-1-3-5-13/h6,8,10,13H,1-5,7,9,11H2,(H,19,20)(H,21,22). The van der Waals surface area contributed by atoms with Crippen molar-refractivity contribution in [2.75, 3.05) is 13.2 Å². The van der Waals surface area contributed by atoms with E-state index >= 15 is 0 Å². The molecule has 24 heavy (non-hydrogen) atoms. The van der Waals surface area contributed by atoms with Gasteiger partial charge in [-0.1, -0.05) is 6.42 Å². The fourth-order valence-corrected chi connectivity index (χ4v) is 3.14. The highest BCUT2D eigenvalue weighted by molar-refractivity contribution is 5.98. The first-order valence-corrected chi connectivity index (χ1v) is 8.35. The molecule has 0 spiro atoms. The summed E-state index contributed by atoms with van der Waals surface area (Å²) in [5.74, 6) is -1.14. The maximum Gasteiger partial charge on any atom is 0.331 e. The van der Waals surface area contributed by atoms with Crippen molar-refractivity contribution < 1.29 is 24.2 Å². The van der Waals surface area contributed by atoms with Crippen LogP contribution in [0.5, 0.6) is 5.88 Å². The smallest absolute Gasteiger partial charge is 0.331 e. The fourth-order valence-electron chi connectivity index (χ4n) is 3.14. The molecule has 1 aliphatic heterocycles. The minimum atomic E-state index is -1.36. The number of amides is 1. The van der Waals surface area contributed by atoms with Crippen molar-refractivity contribution in [3.05, 3.63) is 23.9 Å². The molecule has 2 aliphatic rings. The Labute approximate surface area is 140 Å². The molecule has 1 amide bonds. The summed E-state index contributed by atoms with van der Waals surface area (Å²) in [6.45, 7) is 0.295. The maximum atomic E-state index is 12.4. The van der Waals surface area contributed by atoms with E-state index in [0.717, 1.165) is 25.7 Å². The Hall–Kier alpha value is -2.15. The quantitative estimate of drug-likeness (QED) is 0.851. The first-order chi connectivity index (χ1) is 11.6. The van der Waals surface area contributed by atoms with Gasteiger partial charge >= 0.3 is 5.97 Å². The summed E-state index contributed by atoms with van der Waals surface area (Å²) in [4.78, 5) is 28.1. The highest BCUT2D eigenvalue weighted by atomic mass is 16.5. The summed E-state index contributed by atoms with van der Waals surface area (Å²) >= 11 is 0. The lowest BCUT2D eigenvalue weighted by atomic mass is 9.98. The second kappa shape index (κ2) is 7.17. The zero-order valence-corrected chi connectivity index (χ0v) is 13.5. The van der Waals surface area contributed by atoms with Crippen LogP contribution in [-0.4, -0.2) is 46.8 Å². The monoisotopic (exact) mass is 334 g/mol. The Bertz CT molecular complexity index is 607. The fraction of sp³-hybridized carbons (Fsp3) is 0.588. The predicted octanol–water partition coefficient (Wildman–Crippen LogP) is 1.77. The molecule has 1 unspecified atom stereocenters. The van der Waals surface area contributed by atoms with Gasteiger partial charge in [0.1, 0.15) is 6.10 Å². The lowest BCUT2D eigenvalue weighted by Crippen LogP contribution is -2.55. The molecule has 1 atom stereocenters. The second-order valence-corrected chi connectivity index (χ2v) is 6.40. The minimum absolute atomic E-state index is 0.0232. The molecule has 3 rings (SSSR count). The number of carbonyl (C=O) groups excluding carboxylic acids is 1. The number of pyridine rings is 1. The maximum absolute atomic E-state index is 12.4. The topological polar surface area (TPSA) is 97.8 Å². The van der Waals surface area contributed by atoms with Crippen LogP contribution < -0.4 is 10.1 Å². The minimum Gasteiger partial charge on any atom is -0.479 e. The van der Waals surface area contributed by atoms with Crippen molar-refractivity contribution in [2.24, 2.45) is 0 Å². The Kier molecular flexibility index (Phi) is 4.99. The Morgan fingerprint density at radius 2 is 2.12 bits per heavy atom. The number of rotatable bonds is 5. The van der Waals surface area contributed by atoms with Gasteiger partial charge in [-0.05, 0) is 31.7 Å². The van der Waals surface area contributed by atoms with E-state index in [0.29, 0.717) is 18.1 Å². The molecule has 2 fully saturated rings. The van der Waals surface area contributed by atoms with E-state index in [9.17, 15) is 14.7 Å². The zero-order valence-electron chi connectivity index (χ0n) is 13.5. The molecular formula is C17H22N2O5. The van der Waals surface area contributed by atoms with Crippen LogP contribution in [0.4, 0.5) is 0 Å². The Morgan fingerprint density at radius 3 is 2.79 bits per heavy atom. The molecule has 130 valence electrons. The van der Waals surface area contributed by atoms with Crippen LogP contribution in [0.2, 0.25) is 0 Å². The van der Waals surface area contributed by atoms with E-state index in [1.54, 1.807) is 12.1 Å². The third-order valence-corrected chi connectivity index (χ3v) is 4.62. The molecular weight excluding hydrogens is 312 g/mol. The number of aliphatic carboxylic acids is 1. The first kappa shape index (κ1) is 16.7. The van der Waals surface area contributed by atoms with Crippen LogP contribution in [0.3, 0.4) is 0 Å². The van der Waals surface area contributed by atoms with E-state index < -0.39 is 17.4 Å². The molecule has 1 saturated heterocycles. The summed E-state index contributed by atoms with van der Waals surface area (Å²) in [6.07, 6.45) is 7.41. The summed E-state index contributed by atoms with van der Waals surface area (Å²) in [5, 5.41) is 12.0. The third-order valence-electron chi connectivity index (χ3n) is 4.62. The lowest BCUT2D eigenvalue weighted by molar-refractivity contribution is -0.144. The predicted molar refractivity (Wildman–Crippen MR) is 85.0 cm³/mol. The number of ether oxygens (including phenoxy) is 2. The molecule has 1 saturated carbocycles. The van der Waals surface area contributed by atoms with Gasteiger partial charge in [-0.15, -0.1) is 0 Å². The van der Waals surface area contributed by atoms with Crippen molar-refractivity contribution in [3.63, 3.8) is 0 Å². The SMILES string of the molecule is O=C(NC1(C(=O)O)CCOC1)c1ccnc(OC2CCCCC2)c1. The van der Waals surface area contributed by atoms with Gasteiger partial charge in [0.25, 0.3) is 5.91 Å². The average Bonchev–Trinajstić information content (AvgIpc) is 3.06. The number of nitrogens with zero attached hydrogens (tertiary/aromatic N) is 1. The van der Waals surface area contributed by atoms with Crippen molar-refractivity contribution >= 4 is 11.9 Å². The zero-order chi connectivity index (χ0) is 17.0. The summed E-state index contributed by atoms with van der Waals surface area (Å²) in [6, 6.07) is 3.11. The lowest BCUT2D eigenvalue weighted by Gasteiger charge is -2.24. The molecule has 7 heteroatoms. The van der Waals surface area contributed by atoms with Crippen molar-refractivity contribution in [1.82, 2.24) is 10.3 Å². The Morgan fingerprint density at radius 1 is 1.33 bits per heavy atom. The number of hydrogen-bond donors (Lipinski definition) is 2. The molecule has 1 aliphatic carbocycles. The highest BCUT2D eigenvalue weighted by Crippen LogP contribution is 2.23. The molecule has 0 radical (unpaired) electrons. The number of carboxylic acid groups (broad SMARTS) is 1. The normalized spacial score (nSPS) is 24.5. The molecule has 2 heterocycles. The summed E-state index contributed by atoms with van der Waals surface area (Å²) in [5.41, 5.74) is -1.02. The van der Waals surface area contributed by atoms with Gasteiger partial charge in [-0.25, -0.2) is 9.78 Å². The van der Waals surface area contributed by atoms with Gasteiger partial charge in [0, 0.05) is 30.9 Å². The second-order valence-electron chi connectivity index (χ2n) is 6.40. The molecule has 7 nitrogen and oxygen atoms in total. The van der Waals surface area contributed by atoms with Crippen molar-refractivity contribution in [2.45, 2.75) is 50.2 Å². The molecule has 2 N–H and O–H groups in total. The van der Waals surface area contributed by atoms with Crippen LogP contribution in [-0.2, 0) is 9.53 Å². The van der Waals surface area contributed by atoms with Gasteiger partial charge in [0.2, 0.25) is 5.88 Å². The summed E-state index contributed by atoms with van der Waals surface area (Å²) < 4.78 is 11.0. The average molecular weight is 334 g/mol. The highest BCUT2D eigenvalue weighted by Gasteiger charge is 2.44.